The highest BCUT2D eigenvalue weighted by atomic mass is 79.9. The van der Waals surface area contributed by atoms with Crippen molar-refractivity contribution in [1.82, 2.24) is 10.2 Å². The summed E-state index contributed by atoms with van der Waals surface area (Å²) in [5, 5.41) is 13.4. The van der Waals surface area contributed by atoms with Gasteiger partial charge in [-0.3, -0.25) is 19.4 Å². The zero-order valence-electron chi connectivity index (χ0n) is 25.4. The molecule has 1 atom stereocenters. The molecular weight excluding hydrogens is 649 g/mol. The number of likely N-dealkylation sites (N-methyl/N-ethyl adjacent to an activating group) is 1. The van der Waals surface area contributed by atoms with E-state index < -0.39 is 6.04 Å². The standard InChI is InChI=1S/C36H33BrFN5O3/c1-40-35(45)33(3-2-16-44)43-32-11-9-26(28-19-27(37)20-29(34(28)32)36(43)46)17-23-4-6-24(7-5-23)22-41-12-14-42(15-13-41)31-10-8-25(21-39)18-30(31)38/h4-11,16,18-20,33H,2-3,12-15,17,22H2,1H3,(H,40,45). The lowest BCUT2D eigenvalue weighted by atomic mass is 9.95. The molecule has 0 spiro atoms. The summed E-state index contributed by atoms with van der Waals surface area (Å²) >= 11 is 3.58. The summed E-state index contributed by atoms with van der Waals surface area (Å²) in [4.78, 5) is 43.5. The Balaban J connectivity index is 1.16. The molecule has 10 heteroatoms. The van der Waals surface area contributed by atoms with Crippen LogP contribution in [0, 0.1) is 17.1 Å². The molecule has 4 aromatic carbocycles. The van der Waals surface area contributed by atoms with Crippen LogP contribution in [0.5, 0.6) is 0 Å². The molecule has 0 aliphatic carbocycles. The number of hydrogen-bond acceptors (Lipinski definition) is 6. The fraction of sp³-hybridized carbons (Fsp3) is 0.278. The van der Waals surface area contributed by atoms with E-state index in [0.717, 1.165) is 52.3 Å². The van der Waals surface area contributed by atoms with Crippen LogP contribution in [0.25, 0.3) is 10.8 Å². The molecule has 0 aromatic heterocycles. The minimum atomic E-state index is -0.782. The number of anilines is 2. The zero-order valence-corrected chi connectivity index (χ0v) is 27.0. The monoisotopic (exact) mass is 681 g/mol. The Morgan fingerprint density at radius 3 is 2.41 bits per heavy atom. The van der Waals surface area contributed by atoms with Gasteiger partial charge in [0, 0.05) is 56.1 Å². The Labute approximate surface area is 275 Å². The molecule has 1 saturated heterocycles. The predicted molar refractivity (Wildman–Crippen MR) is 179 cm³/mol. The Kier molecular flexibility index (Phi) is 9.15. The number of hydrogen-bond donors (Lipinski definition) is 1. The minimum absolute atomic E-state index is 0.175. The van der Waals surface area contributed by atoms with Crippen molar-refractivity contribution >= 4 is 56.2 Å². The van der Waals surface area contributed by atoms with Gasteiger partial charge in [0.05, 0.1) is 28.6 Å². The van der Waals surface area contributed by atoms with Crippen LogP contribution >= 0.6 is 15.9 Å². The van der Waals surface area contributed by atoms with E-state index in [-0.39, 0.29) is 30.5 Å². The summed E-state index contributed by atoms with van der Waals surface area (Å²) in [5.41, 5.74) is 5.49. The van der Waals surface area contributed by atoms with Crippen LogP contribution in [-0.2, 0) is 22.6 Å². The van der Waals surface area contributed by atoms with Crippen LogP contribution in [0.3, 0.4) is 0 Å². The van der Waals surface area contributed by atoms with Gasteiger partial charge in [0.1, 0.15) is 18.1 Å². The third-order valence-corrected chi connectivity index (χ3v) is 9.35. The third kappa shape index (κ3) is 6.13. The van der Waals surface area contributed by atoms with Crippen molar-refractivity contribution in [3.8, 4) is 6.07 Å². The van der Waals surface area contributed by atoms with Crippen molar-refractivity contribution in [2.75, 3.05) is 43.0 Å². The van der Waals surface area contributed by atoms with Gasteiger partial charge < -0.3 is 15.0 Å². The molecule has 234 valence electrons. The summed E-state index contributed by atoms with van der Waals surface area (Å²) in [7, 11) is 1.53. The average molecular weight is 683 g/mol. The van der Waals surface area contributed by atoms with Crippen molar-refractivity contribution in [2.45, 2.75) is 31.8 Å². The molecule has 1 N–H and O–H groups in total. The van der Waals surface area contributed by atoms with Crippen LogP contribution in [-0.4, -0.2) is 62.3 Å². The highest BCUT2D eigenvalue weighted by Gasteiger charge is 2.38. The lowest BCUT2D eigenvalue weighted by Gasteiger charge is -2.36. The lowest BCUT2D eigenvalue weighted by Crippen LogP contribution is -2.47. The first-order valence-corrected chi connectivity index (χ1v) is 16.1. The van der Waals surface area contributed by atoms with Crippen molar-refractivity contribution in [2.24, 2.45) is 0 Å². The van der Waals surface area contributed by atoms with Crippen LogP contribution in [0.15, 0.2) is 71.2 Å². The maximum atomic E-state index is 14.5. The number of carbonyl (C=O) groups is 3. The van der Waals surface area contributed by atoms with Gasteiger partial charge in [-0.2, -0.15) is 5.26 Å². The molecule has 0 saturated carbocycles. The number of nitrogens with one attached hydrogen (secondary N) is 1. The van der Waals surface area contributed by atoms with Crippen LogP contribution in [0.2, 0.25) is 0 Å². The first kappa shape index (κ1) is 31.4. The molecule has 1 fully saturated rings. The number of piperazine rings is 1. The Hall–Kier alpha value is -4.59. The second-order valence-corrected chi connectivity index (χ2v) is 12.6. The van der Waals surface area contributed by atoms with Crippen molar-refractivity contribution in [3.63, 3.8) is 0 Å². The van der Waals surface area contributed by atoms with E-state index in [1.165, 1.54) is 23.6 Å². The number of halogens is 2. The van der Waals surface area contributed by atoms with Crippen molar-refractivity contribution in [3.05, 3.63) is 105 Å². The number of rotatable bonds is 10. The highest BCUT2D eigenvalue weighted by molar-refractivity contribution is 9.10. The number of amides is 2. The number of benzene rings is 4. The molecular formula is C36H33BrFN5O3. The second-order valence-electron chi connectivity index (χ2n) is 11.7. The summed E-state index contributed by atoms with van der Waals surface area (Å²) < 4.78 is 15.3. The maximum absolute atomic E-state index is 14.5. The number of nitrogens with zero attached hydrogens (tertiary/aromatic N) is 4. The van der Waals surface area contributed by atoms with E-state index in [4.69, 9.17) is 5.26 Å². The third-order valence-electron chi connectivity index (χ3n) is 8.89. The Morgan fingerprint density at radius 2 is 1.74 bits per heavy atom. The second kappa shape index (κ2) is 13.4. The first-order chi connectivity index (χ1) is 22.3. The van der Waals surface area contributed by atoms with Gasteiger partial charge >= 0.3 is 0 Å². The minimum Gasteiger partial charge on any atom is -0.367 e. The van der Waals surface area contributed by atoms with E-state index in [2.05, 4.69) is 50.4 Å². The van der Waals surface area contributed by atoms with E-state index in [9.17, 15) is 18.8 Å². The van der Waals surface area contributed by atoms with Crippen LogP contribution < -0.4 is 15.1 Å². The molecule has 2 aliphatic heterocycles. The zero-order chi connectivity index (χ0) is 32.4. The lowest BCUT2D eigenvalue weighted by molar-refractivity contribution is -0.122. The van der Waals surface area contributed by atoms with Gasteiger partial charge in [-0.15, -0.1) is 0 Å². The topological polar surface area (TPSA) is 96.8 Å². The maximum Gasteiger partial charge on any atom is 0.259 e. The van der Waals surface area contributed by atoms with Gasteiger partial charge in [0.25, 0.3) is 5.91 Å². The fourth-order valence-electron chi connectivity index (χ4n) is 6.55. The predicted octanol–water partition coefficient (Wildman–Crippen LogP) is 5.58. The Morgan fingerprint density at radius 1 is 1.02 bits per heavy atom. The van der Waals surface area contributed by atoms with E-state index in [0.29, 0.717) is 42.0 Å². The molecule has 2 amide bonds. The number of aldehydes is 1. The summed E-state index contributed by atoms with van der Waals surface area (Å²) in [5.74, 6) is -0.908. The fourth-order valence-corrected chi connectivity index (χ4v) is 7.01. The SMILES string of the molecule is CNC(=O)C(CCC=O)N1C(=O)c2cc(Br)cc3c(Cc4ccc(CN5CCN(c6ccc(C#N)cc6F)CC5)cc4)ccc1c23. The molecule has 0 bridgehead atoms. The number of carbonyl (C=O) groups excluding carboxylic acids is 3. The molecule has 0 radical (unpaired) electrons. The van der Waals surface area contributed by atoms with E-state index in [1.54, 1.807) is 18.2 Å². The summed E-state index contributed by atoms with van der Waals surface area (Å²) in [6.45, 7) is 3.84. The van der Waals surface area contributed by atoms with Crippen molar-refractivity contribution in [1.29, 1.82) is 5.26 Å². The number of nitriles is 1. The van der Waals surface area contributed by atoms with Crippen LogP contribution in [0.4, 0.5) is 15.8 Å². The molecule has 46 heavy (non-hydrogen) atoms. The molecule has 2 heterocycles. The van der Waals surface area contributed by atoms with Gasteiger partial charge in [0.15, 0.2) is 0 Å². The van der Waals surface area contributed by atoms with Gasteiger partial charge in [-0.25, -0.2) is 4.39 Å². The first-order valence-electron chi connectivity index (χ1n) is 15.3. The van der Waals surface area contributed by atoms with Gasteiger partial charge in [0.2, 0.25) is 5.91 Å². The Bertz CT molecular complexity index is 1860. The molecule has 2 aliphatic rings. The van der Waals surface area contributed by atoms with E-state index in [1.807, 2.05) is 29.2 Å². The highest BCUT2D eigenvalue weighted by Crippen LogP contribution is 2.42. The van der Waals surface area contributed by atoms with Crippen LogP contribution in [0.1, 0.15) is 45.5 Å². The summed E-state index contributed by atoms with van der Waals surface area (Å²) in [6, 6.07) is 22.1. The summed E-state index contributed by atoms with van der Waals surface area (Å²) in [6.07, 6.45) is 1.85. The smallest absolute Gasteiger partial charge is 0.259 e. The van der Waals surface area contributed by atoms with Crippen molar-refractivity contribution < 1.29 is 18.8 Å². The normalized spacial score (nSPS) is 15.2. The average Bonchev–Trinajstić information content (AvgIpc) is 3.34. The van der Waals surface area contributed by atoms with E-state index >= 15 is 0 Å². The molecule has 6 rings (SSSR count). The molecule has 8 nitrogen and oxygen atoms in total. The molecule has 1 unspecified atom stereocenters. The largest absolute Gasteiger partial charge is 0.367 e. The quantitative estimate of drug-likeness (QED) is 0.220. The van der Waals surface area contributed by atoms with Gasteiger partial charge in [-0.1, -0.05) is 46.3 Å². The molecule has 4 aromatic rings. The van der Waals surface area contributed by atoms with Gasteiger partial charge in [-0.05, 0) is 71.3 Å².